The number of benzene rings is 1. The highest BCUT2D eigenvalue weighted by Crippen LogP contribution is 2.22. The van der Waals surface area contributed by atoms with Crippen molar-refractivity contribution < 1.29 is 9.53 Å². The van der Waals surface area contributed by atoms with Crippen LogP contribution in [0.3, 0.4) is 0 Å². The predicted octanol–water partition coefficient (Wildman–Crippen LogP) is 4.17. The summed E-state index contributed by atoms with van der Waals surface area (Å²) in [5.41, 5.74) is 4.17. The van der Waals surface area contributed by atoms with Gasteiger partial charge < -0.3 is 10.1 Å². The molecule has 0 aliphatic rings. The van der Waals surface area contributed by atoms with E-state index in [1.54, 1.807) is 6.20 Å². The lowest BCUT2D eigenvalue weighted by Crippen LogP contribution is -2.26. The van der Waals surface area contributed by atoms with Crippen molar-refractivity contribution in [3.8, 4) is 5.75 Å². The van der Waals surface area contributed by atoms with E-state index in [4.69, 9.17) is 4.74 Å². The number of amides is 1. The van der Waals surface area contributed by atoms with Gasteiger partial charge in [0, 0.05) is 23.9 Å². The first kappa shape index (κ1) is 18.2. The second kappa shape index (κ2) is 7.74. The summed E-state index contributed by atoms with van der Waals surface area (Å²) in [6.45, 7) is 6.43. The van der Waals surface area contributed by atoms with E-state index in [9.17, 15) is 4.79 Å². The van der Waals surface area contributed by atoms with Gasteiger partial charge in [-0.15, -0.1) is 11.3 Å². The third-order valence-corrected chi connectivity index (χ3v) is 5.43. The molecule has 0 bridgehead atoms. The number of nitrogens with zero attached hydrogens (tertiary/aromatic N) is 2. The summed E-state index contributed by atoms with van der Waals surface area (Å²) < 4.78 is 7.66. The number of nitrogens with one attached hydrogen (secondary N) is 1. The Morgan fingerprint density at radius 3 is 2.81 bits per heavy atom. The van der Waals surface area contributed by atoms with Crippen LogP contribution in [0.2, 0.25) is 0 Å². The van der Waals surface area contributed by atoms with Crippen LogP contribution in [-0.2, 0) is 13.7 Å². The van der Waals surface area contributed by atoms with Crippen LogP contribution in [0.4, 0.5) is 0 Å². The Labute approximate surface area is 157 Å². The Bertz CT molecular complexity index is 913. The molecule has 0 saturated heterocycles. The molecule has 2 heterocycles. The molecule has 6 heteroatoms. The molecule has 1 amide bonds. The van der Waals surface area contributed by atoms with Gasteiger partial charge in [-0.05, 0) is 43.8 Å². The van der Waals surface area contributed by atoms with E-state index in [1.807, 2.05) is 68.2 Å². The van der Waals surface area contributed by atoms with Crippen LogP contribution >= 0.6 is 11.3 Å². The van der Waals surface area contributed by atoms with Gasteiger partial charge in [-0.1, -0.05) is 18.2 Å². The zero-order chi connectivity index (χ0) is 18.7. The minimum Gasteiger partial charge on any atom is -0.489 e. The first-order chi connectivity index (χ1) is 12.5. The number of para-hydroxylation sites is 1. The zero-order valence-electron chi connectivity index (χ0n) is 15.4. The molecule has 0 radical (unpaired) electrons. The number of aromatic nitrogens is 2. The average molecular weight is 369 g/mol. The van der Waals surface area contributed by atoms with Gasteiger partial charge in [0.25, 0.3) is 5.91 Å². The maximum Gasteiger partial charge on any atom is 0.261 e. The maximum absolute atomic E-state index is 12.5. The summed E-state index contributed by atoms with van der Waals surface area (Å²) in [5.74, 6) is 0.790. The summed E-state index contributed by atoms with van der Waals surface area (Å²) in [5, 5.41) is 9.24. The minimum atomic E-state index is -0.0926. The van der Waals surface area contributed by atoms with Crippen LogP contribution in [0.1, 0.15) is 45.0 Å². The molecule has 1 aromatic carbocycles. The van der Waals surface area contributed by atoms with Crippen molar-refractivity contribution in [3.05, 3.63) is 69.2 Å². The average Bonchev–Trinajstić information content (AvgIpc) is 3.22. The first-order valence-corrected chi connectivity index (χ1v) is 9.39. The van der Waals surface area contributed by atoms with Crippen LogP contribution in [0.5, 0.6) is 5.75 Å². The Morgan fingerprint density at radius 2 is 2.12 bits per heavy atom. The van der Waals surface area contributed by atoms with Crippen molar-refractivity contribution in [3.63, 3.8) is 0 Å². The fourth-order valence-corrected chi connectivity index (χ4v) is 3.54. The summed E-state index contributed by atoms with van der Waals surface area (Å²) >= 11 is 1.43. The van der Waals surface area contributed by atoms with Crippen molar-refractivity contribution in [2.75, 3.05) is 0 Å². The molecule has 0 spiro atoms. The molecule has 26 heavy (non-hydrogen) atoms. The van der Waals surface area contributed by atoms with Gasteiger partial charge in [0.15, 0.2) is 0 Å². The van der Waals surface area contributed by atoms with Gasteiger partial charge in [-0.2, -0.15) is 5.10 Å². The van der Waals surface area contributed by atoms with Gasteiger partial charge >= 0.3 is 0 Å². The van der Waals surface area contributed by atoms with Crippen LogP contribution in [0.15, 0.2) is 41.9 Å². The molecule has 0 aliphatic carbocycles. The summed E-state index contributed by atoms with van der Waals surface area (Å²) in [6.07, 6.45) is 1.80. The Kier molecular flexibility index (Phi) is 5.42. The monoisotopic (exact) mass is 369 g/mol. The number of rotatable bonds is 6. The highest BCUT2D eigenvalue weighted by atomic mass is 32.1. The number of carbonyl (C=O) groups is 1. The third-order valence-electron chi connectivity index (χ3n) is 4.45. The Balaban J connectivity index is 1.61. The molecular weight excluding hydrogens is 346 g/mol. The molecule has 2 aromatic heterocycles. The standard InChI is InChI=1S/C20H23N3O2S/c1-13-7-5-6-8-18(13)25-11-16-9-19(26-12-16)20(24)22-14(2)17-10-21-23(4)15(17)3/h5-10,12,14H,11H2,1-4H3,(H,22,24). The minimum absolute atomic E-state index is 0.0760. The SMILES string of the molecule is Cc1ccccc1OCc1csc(C(=O)NC(C)c2cnn(C)c2C)c1. The van der Waals surface area contributed by atoms with E-state index in [2.05, 4.69) is 10.4 Å². The van der Waals surface area contributed by atoms with Gasteiger partial charge in [-0.25, -0.2) is 0 Å². The molecular formula is C20H23N3O2S. The first-order valence-electron chi connectivity index (χ1n) is 8.51. The Morgan fingerprint density at radius 1 is 1.35 bits per heavy atom. The van der Waals surface area contributed by atoms with Crippen LogP contribution < -0.4 is 10.1 Å². The van der Waals surface area contributed by atoms with Crippen LogP contribution in [0.25, 0.3) is 0 Å². The molecule has 0 fully saturated rings. The molecule has 1 unspecified atom stereocenters. The van der Waals surface area contributed by atoms with E-state index < -0.39 is 0 Å². The van der Waals surface area contributed by atoms with E-state index in [0.717, 1.165) is 28.1 Å². The van der Waals surface area contributed by atoms with Crippen molar-refractivity contribution in [2.45, 2.75) is 33.4 Å². The topological polar surface area (TPSA) is 56.1 Å². The lowest BCUT2D eigenvalue weighted by molar-refractivity contribution is 0.0944. The van der Waals surface area contributed by atoms with Gasteiger partial charge in [-0.3, -0.25) is 9.48 Å². The third kappa shape index (κ3) is 3.96. The molecule has 136 valence electrons. The highest BCUT2D eigenvalue weighted by Gasteiger charge is 2.17. The summed E-state index contributed by atoms with van der Waals surface area (Å²) in [7, 11) is 1.90. The van der Waals surface area contributed by atoms with Crippen LogP contribution in [-0.4, -0.2) is 15.7 Å². The van der Waals surface area contributed by atoms with E-state index >= 15 is 0 Å². The summed E-state index contributed by atoms with van der Waals surface area (Å²) in [4.78, 5) is 13.2. The fraction of sp³-hybridized carbons (Fsp3) is 0.300. The predicted molar refractivity (Wildman–Crippen MR) is 104 cm³/mol. The number of aryl methyl sites for hydroxylation is 2. The lowest BCUT2D eigenvalue weighted by atomic mass is 10.1. The van der Waals surface area contributed by atoms with Crippen molar-refractivity contribution in [1.82, 2.24) is 15.1 Å². The van der Waals surface area contributed by atoms with Gasteiger partial charge in [0.2, 0.25) is 0 Å². The van der Waals surface area contributed by atoms with Crippen LogP contribution in [0, 0.1) is 13.8 Å². The number of hydrogen-bond acceptors (Lipinski definition) is 4. The van der Waals surface area contributed by atoms with Gasteiger partial charge in [0.1, 0.15) is 12.4 Å². The maximum atomic E-state index is 12.5. The molecule has 3 aromatic rings. The quantitative estimate of drug-likeness (QED) is 0.709. The number of ether oxygens (including phenoxy) is 1. The molecule has 0 saturated carbocycles. The Hall–Kier alpha value is -2.60. The normalized spacial score (nSPS) is 12.0. The van der Waals surface area contributed by atoms with Gasteiger partial charge in [0.05, 0.1) is 17.1 Å². The molecule has 0 aliphatic heterocycles. The van der Waals surface area contributed by atoms with Crippen molar-refractivity contribution in [2.24, 2.45) is 7.05 Å². The fourth-order valence-electron chi connectivity index (χ4n) is 2.74. The number of thiophene rings is 1. The highest BCUT2D eigenvalue weighted by molar-refractivity contribution is 7.12. The smallest absolute Gasteiger partial charge is 0.261 e. The lowest BCUT2D eigenvalue weighted by Gasteiger charge is -2.13. The molecule has 1 atom stereocenters. The van der Waals surface area contributed by atoms with E-state index in [0.29, 0.717) is 11.5 Å². The van der Waals surface area contributed by atoms with Crippen molar-refractivity contribution in [1.29, 1.82) is 0 Å². The number of hydrogen-bond donors (Lipinski definition) is 1. The summed E-state index contributed by atoms with van der Waals surface area (Å²) in [6, 6.07) is 9.71. The second-order valence-electron chi connectivity index (χ2n) is 6.38. The van der Waals surface area contributed by atoms with Crippen molar-refractivity contribution >= 4 is 17.2 Å². The largest absolute Gasteiger partial charge is 0.489 e. The van der Waals surface area contributed by atoms with E-state index in [-0.39, 0.29) is 11.9 Å². The van der Waals surface area contributed by atoms with E-state index in [1.165, 1.54) is 11.3 Å². The number of carbonyl (C=O) groups excluding carboxylic acids is 1. The molecule has 3 rings (SSSR count). The zero-order valence-corrected chi connectivity index (χ0v) is 16.3. The second-order valence-corrected chi connectivity index (χ2v) is 7.29. The molecule has 1 N–H and O–H groups in total. The molecule has 5 nitrogen and oxygen atoms in total.